The van der Waals surface area contributed by atoms with E-state index in [4.69, 9.17) is 0 Å². The lowest BCUT2D eigenvalue weighted by Gasteiger charge is -1.88. The van der Waals surface area contributed by atoms with Crippen LogP contribution in [0.1, 0.15) is 0 Å². The number of benzene rings is 1. The van der Waals surface area contributed by atoms with Gasteiger partial charge in [0, 0.05) is 6.07 Å². The summed E-state index contributed by atoms with van der Waals surface area (Å²) in [6.07, 6.45) is 2.39. The first-order valence-corrected chi connectivity index (χ1v) is 2.84. The van der Waals surface area contributed by atoms with Gasteiger partial charge in [0.1, 0.15) is 11.0 Å². The van der Waals surface area contributed by atoms with Gasteiger partial charge in [0.05, 0.1) is 0 Å². The molecule has 0 bridgehead atoms. The average Bonchev–Trinajstić information content (AvgIpc) is 2.05. The number of nitrogens with zero attached hydrogens (tertiary/aromatic N) is 3. The van der Waals surface area contributed by atoms with Gasteiger partial charge >= 0.3 is 0 Å². The van der Waals surface area contributed by atoms with Crippen molar-refractivity contribution in [3.63, 3.8) is 0 Å². The highest BCUT2D eigenvalue weighted by molar-refractivity contribution is 5.71. The molecule has 0 amide bonds. The second-order valence-corrected chi connectivity index (χ2v) is 1.82. The summed E-state index contributed by atoms with van der Waals surface area (Å²) in [5, 5.41) is 7.29. The molecule has 46 valence electrons. The van der Waals surface area contributed by atoms with E-state index in [1.165, 1.54) is 0 Å². The highest BCUT2D eigenvalue weighted by Crippen LogP contribution is 2.02. The van der Waals surface area contributed by atoms with Crippen molar-refractivity contribution < 1.29 is 0 Å². The molecule has 2 radical (unpaired) electrons. The van der Waals surface area contributed by atoms with Gasteiger partial charge in [-0.3, -0.25) is 0 Å². The molecule has 0 saturated carbocycles. The van der Waals surface area contributed by atoms with Gasteiger partial charge in [0.15, 0.2) is 0 Å². The summed E-state index contributed by atoms with van der Waals surface area (Å²) in [5.41, 5.74) is 1.46. The number of aromatic nitrogens is 3. The van der Waals surface area contributed by atoms with E-state index in [0.717, 1.165) is 5.52 Å². The van der Waals surface area contributed by atoms with Gasteiger partial charge in [0.2, 0.25) is 6.33 Å². The molecule has 0 saturated heterocycles. The Morgan fingerprint density at radius 3 is 3.30 bits per heavy atom. The van der Waals surface area contributed by atoms with Gasteiger partial charge in [-0.25, -0.2) is 4.98 Å². The molecule has 0 atom stereocenters. The van der Waals surface area contributed by atoms with Crippen LogP contribution in [-0.2, 0) is 0 Å². The minimum atomic E-state index is 0.706. The lowest BCUT2D eigenvalue weighted by molar-refractivity contribution is 1.01. The van der Waals surface area contributed by atoms with E-state index in [1.807, 2.05) is 12.1 Å². The third-order valence-electron chi connectivity index (χ3n) is 1.18. The van der Waals surface area contributed by atoms with E-state index in [1.54, 1.807) is 6.07 Å². The van der Waals surface area contributed by atoms with E-state index in [9.17, 15) is 0 Å². The molecular formula is C7H3N3. The first-order valence-electron chi connectivity index (χ1n) is 2.84. The van der Waals surface area contributed by atoms with Gasteiger partial charge in [0.25, 0.3) is 0 Å². The quantitative estimate of drug-likeness (QED) is 0.523. The van der Waals surface area contributed by atoms with Crippen LogP contribution in [0, 0.1) is 12.4 Å². The van der Waals surface area contributed by atoms with E-state index in [2.05, 4.69) is 27.6 Å². The SMILES string of the molecule is [c]1nnc2ccc[c]c2n1. The average molecular weight is 129 g/mol. The van der Waals surface area contributed by atoms with Crippen LogP contribution in [-0.4, -0.2) is 15.2 Å². The maximum absolute atomic E-state index is 3.83. The standard InChI is InChI=1S/C7H3N3/c1-2-4-7-6(3-1)8-5-9-10-7/h1-2,4H. The Morgan fingerprint density at radius 2 is 2.40 bits per heavy atom. The number of fused-ring (bicyclic) bond motifs is 1. The topological polar surface area (TPSA) is 38.7 Å². The van der Waals surface area contributed by atoms with Crippen LogP contribution in [0.4, 0.5) is 0 Å². The van der Waals surface area contributed by atoms with Crippen LogP contribution in [0.3, 0.4) is 0 Å². The van der Waals surface area contributed by atoms with E-state index >= 15 is 0 Å². The van der Waals surface area contributed by atoms with E-state index in [0.29, 0.717) is 5.52 Å². The van der Waals surface area contributed by atoms with Crippen LogP contribution < -0.4 is 0 Å². The summed E-state index contributed by atoms with van der Waals surface area (Å²) in [7, 11) is 0. The van der Waals surface area contributed by atoms with Crippen LogP contribution in [0.5, 0.6) is 0 Å². The zero-order chi connectivity index (χ0) is 6.81. The summed E-state index contributed by atoms with van der Waals surface area (Å²) in [6, 6.07) is 8.37. The van der Waals surface area contributed by atoms with Gasteiger partial charge in [-0.05, 0) is 6.07 Å². The predicted molar refractivity (Wildman–Crippen MR) is 35.0 cm³/mol. The molecule has 2 rings (SSSR count). The molecule has 10 heavy (non-hydrogen) atoms. The molecule has 3 heteroatoms. The molecule has 1 heterocycles. The second-order valence-electron chi connectivity index (χ2n) is 1.82. The van der Waals surface area contributed by atoms with Crippen LogP contribution >= 0.6 is 0 Å². The molecule has 0 N–H and O–H groups in total. The minimum absolute atomic E-state index is 0.706. The molecule has 1 aromatic heterocycles. The second kappa shape index (κ2) is 2.02. The fourth-order valence-electron chi connectivity index (χ4n) is 0.738. The fourth-order valence-corrected chi connectivity index (χ4v) is 0.738. The molecule has 0 aliphatic carbocycles. The molecule has 2 aromatic rings. The summed E-state index contributed by atoms with van der Waals surface area (Å²) >= 11 is 0. The zero-order valence-electron chi connectivity index (χ0n) is 5.07. The summed E-state index contributed by atoms with van der Waals surface area (Å²) in [4.78, 5) is 3.83. The third-order valence-corrected chi connectivity index (χ3v) is 1.18. The molecule has 0 fully saturated rings. The number of hydrogen-bond acceptors (Lipinski definition) is 3. The highest BCUT2D eigenvalue weighted by atomic mass is 15.1. The fraction of sp³-hybridized carbons (Fsp3) is 0. The summed E-state index contributed by atoms with van der Waals surface area (Å²) in [6.45, 7) is 0. The Morgan fingerprint density at radius 1 is 1.40 bits per heavy atom. The van der Waals surface area contributed by atoms with Crippen molar-refractivity contribution in [1.29, 1.82) is 0 Å². The van der Waals surface area contributed by atoms with Crippen molar-refractivity contribution in [2.24, 2.45) is 0 Å². The lowest BCUT2D eigenvalue weighted by Crippen LogP contribution is -1.85. The molecule has 3 nitrogen and oxygen atoms in total. The van der Waals surface area contributed by atoms with Crippen molar-refractivity contribution in [3.8, 4) is 0 Å². The Hall–Kier alpha value is -1.51. The largest absolute Gasteiger partial charge is 0.222 e. The van der Waals surface area contributed by atoms with Crippen molar-refractivity contribution in [2.75, 3.05) is 0 Å². The Labute approximate surface area is 57.7 Å². The Bertz CT molecular complexity index is 280. The number of para-hydroxylation sites is 1. The van der Waals surface area contributed by atoms with Gasteiger partial charge in [-0.2, -0.15) is 0 Å². The maximum Gasteiger partial charge on any atom is 0.222 e. The van der Waals surface area contributed by atoms with Crippen LogP contribution in [0.2, 0.25) is 0 Å². The van der Waals surface area contributed by atoms with E-state index in [-0.39, 0.29) is 0 Å². The smallest absolute Gasteiger partial charge is 0.221 e. The summed E-state index contributed by atoms with van der Waals surface area (Å²) in [5.74, 6) is 0. The van der Waals surface area contributed by atoms with Crippen LogP contribution in [0.25, 0.3) is 11.0 Å². The molecule has 1 aromatic carbocycles. The zero-order valence-corrected chi connectivity index (χ0v) is 5.07. The molecular weight excluding hydrogens is 126 g/mol. The maximum atomic E-state index is 3.83. The monoisotopic (exact) mass is 129 g/mol. The van der Waals surface area contributed by atoms with Gasteiger partial charge in [-0.1, -0.05) is 12.1 Å². The van der Waals surface area contributed by atoms with Crippen LogP contribution in [0.15, 0.2) is 18.2 Å². The minimum Gasteiger partial charge on any atom is -0.221 e. The van der Waals surface area contributed by atoms with Gasteiger partial charge < -0.3 is 0 Å². The van der Waals surface area contributed by atoms with Crippen molar-refractivity contribution in [2.45, 2.75) is 0 Å². The predicted octanol–water partition coefficient (Wildman–Crippen LogP) is 0.625. The third kappa shape index (κ3) is 0.719. The Kier molecular flexibility index (Phi) is 1.07. The van der Waals surface area contributed by atoms with Crippen molar-refractivity contribution in [3.05, 3.63) is 30.6 Å². The molecule has 0 aliphatic heterocycles. The first kappa shape index (κ1) is 5.29. The first-order chi connectivity index (χ1) is 4.97. The molecule has 0 aliphatic rings. The van der Waals surface area contributed by atoms with E-state index < -0.39 is 0 Å². The highest BCUT2D eigenvalue weighted by Gasteiger charge is 1.90. The number of hydrogen-bond donors (Lipinski definition) is 0. The number of rotatable bonds is 0. The van der Waals surface area contributed by atoms with Crippen molar-refractivity contribution in [1.82, 2.24) is 15.2 Å². The lowest BCUT2D eigenvalue weighted by atomic mass is 10.3. The van der Waals surface area contributed by atoms with Crippen molar-refractivity contribution >= 4 is 11.0 Å². The van der Waals surface area contributed by atoms with Gasteiger partial charge in [-0.15, -0.1) is 10.2 Å². The molecule has 0 unspecified atom stereocenters. The Balaban J connectivity index is 2.89. The normalized spacial score (nSPS) is 10.0. The summed E-state index contributed by atoms with van der Waals surface area (Å²) < 4.78 is 0. The molecule has 0 spiro atoms.